The maximum atomic E-state index is 14.0. The van der Waals surface area contributed by atoms with E-state index in [4.69, 9.17) is 27.9 Å². The number of anilines is 1. The number of aryl methyl sites for hydroxylation is 1. The summed E-state index contributed by atoms with van der Waals surface area (Å²) >= 11 is 12.5. The predicted octanol–water partition coefficient (Wildman–Crippen LogP) is 5.84. The Kier molecular flexibility index (Phi) is 10.3. The second kappa shape index (κ2) is 13.1. The molecule has 0 saturated heterocycles. The fourth-order valence-electron chi connectivity index (χ4n) is 4.07. The van der Waals surface area contributed by atoms with Crippen LogP contribution in [-0.4, -0.2) is 50.4 Å². The predicted molar refractivity (Wildman–Crippen MR) is 163 cm³/mol. The molecular weight excluding hydrogens is 585 g/mol. The van der Waals surface area contributed by atoms with Crippen LogP contribution in [0, 0.1) is 6.92 Å². The van der Waals surface area contributed by atoms with Crippen molar-refractivity contribution in [2.24, 2.45) is 0 Å². The van der Waals surface area contributed by atoms with Gasteiger partial charge in [-0.3, -0.25) is 13.9 Å². The second-order valence-corrected chi connectivity index (χ2v) is 13.4. The van der Waals surface area contributed by atoms with Gasteiger partial charge in [0.25, 0.3) is 10.0 Å². The number of carbonyl (C=O) groups is 2. The van der Waals surface area contributed by atoms with Crippen molar-refractivity contribution in [1.29, 1.82) is 0 Å². The summed E-state index contributed by atoms with van der Waals surface area (Å²) < 4.78 is 34.1. The summed E-state index contributed by atoms with van der Waals surface area (Å²) in [5.74, 6) is -0.623. The van der Waals surface area contributed by atoms with Crippen molar-refractivity contribution in [3.8, 4) is 5.75 Å². The van der Waals surface area contributed by atoms with Gasteiger partial charge in [0.2, 0.25) is 11.8 Å². The third-order valence-corrected chi connectivity index (χ3v) is 8.54. The molecule has 3 aromatic rings. The first-order valence-electron chi connectivity index (χ1n) is 12.9. The average Bonchev–Trinajstić information content (AvgIpc) is 2.89. The van der Waals surface area contributed by atoms with E-state index in [1.807, 2.05) is 27.7 Å². The van der Waals surface area contributed by atoms with Crippen LogP contribution < -0.4 is 14.4 Å². The zero-order valence-corrected chi connectivity index (χ0v) is 26.3. The van der Waals surface area contributed by atoms with Crippen LogP contribution in [0.15, 0.2) is 71.6 Å². The zero-order valence-electron chi connectivity index (χ0n) is 23.9. The van der Waals surface area contributed by atoms with E-state index in [2.05, 4.69) is 5.32 Å². The number of ether oxygens (including phenoxy) is 1. The fraction of sp³-hybridized carbons (Fsp3) is 0.333. The summed E-state index contributed by atoms with van der Waals surface area (Å²) in [4.78, 5) is 28.6. The Morgan fingerprint density at radius 1 is 1.00 bits per heavy atom. The Labute approximate surface area is 252 Å². The lowest BCUT2D eigenvalue weighted by Gasteiger charge is -2.33. The van der Waals surface area contributed by atoms with Crippen molar-refractivity contribution in [3.05, 3.63) is 87.9 Å². The monoisotopic (exact) mass is 619 g/mol. The van der Waals surface area contributed by atoms with Crippen LogP contribution in [-0.2, 0) is 26.2 Å². The molecule has 0 aliphatic carbocycles. The zero-order chi connectivity index (χ0) is 30.5. The first kappa shape index (κ1) is 32.2. The van der Waals surface area contributed by atoms with Gasteiger partial charge in [-0.05, 0) is 82.6 Å². The summed E-state index contributed by atoms with van der Waals surface area (Å²) in [6, 6.07) is 16.8. The van der Waals surface area contributed by atoms with Crippen molar-refractivity contribution >= 4 is 50.7 Å². The highest BCUT2D eigenvalue weighted by Crippen LogP contribution is 2.32. The molecule has 0 spiro atoms. The summed E-state index contributed by atoms with van der Waals surface area (Å²) in [6.45, 7) is 8.40. The van der Waals surface area contributed by atoms with Crippen LogP contribution in [0.25, 0.3) is 0 Å². The van der Waals surface area contributed by atoms with Crippen molar-refractivity contribution in [2.45, 2.75) is 57.6 Å². The Balaban J connectivity index is 2.08. The van der Waals surface area contributed by atoms with Crippen molar-refractivity contribution < 1.29 is 22.7 Å². The van der Waals surface area contributed by atoms with Crippen LogP contribution in [0.4, 0.5) is 5.69 Å². The molecule has 1 N–H and O–H groups in total. The lowest BCUT2D eigenvalue weighted by Crippen LogP contribution is -2.54. The van der Waals surface area contributed by atoms with E-state index in [0.29, 0.717) is 16.3 Å². The number of rotatable bonds is 10. The van der Waals surface area contributed by atoms with Gasteiger partial charge in [-0.2, -0.15) is 0 Å². The highest BCUT2D eigenvalue weighted by molar-refractivity contribution is 7.92. The molecule has 11 heteroatoms. The molecule has 0 fully saturated rings. The standard InChI is InChI=1S/C30H35Cl2N3O5S/c1-20-10-13-25(14-11-20)41(38,39)35(24-12-15-27(40-6)26(32)17-24)19-28(36)34(18-22-8-7-9-23(31)16-22)21(2)29(37)33-30(3,4)5/h7-17,21H,18-19H2,1-6H3,(H,33,37)/t21-/m0/s1. The van der Waals surface area contributed by atoms with Gasteiger partial charge in [-0.25, -0.2) is 8.42 Å². The first-order chi connectivity index (χ1) is 19.1. The van der Waals surface area contributed by atoms with Gasteiger partial charge < -0.3 is 15.0 Å². The number of methoxy groups -OCH3 is 1. The topological polar surface area (TPSA) is 96.0 Å². The van der Waals surface area contributed by atoms with E-state index in [1.54, 1.807) is 43.3 Å². The van der Waals surface area contributed by atoms with Crippen LogP contribution in [0.5, 0.6) is 5.75 Å². The van der Waals surface area contributed by atoms with Crippen molar-refractivity contribution in [1.82, 2.24) is 10.2 Å². The van der Waals surface area contributed by atoms with Crippen LogP contribution in [0.3, 0.4) is 0 Å². The molecule has 0 saturated carbocycles. The molecule has 8 nitrogen and oxygen atoms in total. The summed E-state index contributed by atoms with van der Waals surface area (Å²) in [7, 11) is -2.78. The number of nitrogens with one attached hydrogen (secondary N) is 1. The lowest BCUT2D eigenvalue weighted by molar-refractivity contribution is -0.140. The molecule has 220 valence electrons. The fourth-order valence-corrected chi connectivity index (χ4v) is 5.94. The summed E-state index contributed by atoms with van der Waals surface area (Å²) in [5, 5.41) is 3.54. The van der Waals surface area contributed by atoms with Gasteiger partial charge in [0, 0.05) is 17.1 Å². The average molecular weight is 621 g/mol. The van der Waals surface area contributed by atoms with Gasteiger partial charge >= 0.3 is 0 Å². The van der Waals surface area contributed by atoms with E-state index in [0.717, 1.165) is 9.87 Å². The minimum atomic E-state index is -4.23. The first-order valence-corrected chi connectivity index (χ1v) is 15.1. The van der Waals surface area contributed by atoms with Crippen LogP contribution in [0.2, 0.25) is 10.0 Å². The molecule has 3 aromatic carbocycles. The van der Waals surface area contributed by atoms with Gasteiger partial charge in [0.1, 0.15) is 18.3 Å². The SMILES string of the molecule is COc1ccc(N(CC(=O)N(Cc2cccc(Cl)c2)[C@@H](C)C(=O)NC(C)(C)C)S(=O)(=O)c2ccc(C)cc2)cc1Cl. The minimum absolute atomic E-state index is 0.00255. The van der Waals surface area contributed by atoms with Crippen molar-refractivity contribution in [2.75, 3.05) is 18.0 Å². The largest absolute Gasteiger partial charge is 0.495 e. The van der Waals surface area contributed by atoms with Gasteiger partial charge in [0.15, 0.2) is 0 Å². The van der Waals surface area contributed by atoms with E-state index < -0.39 is 34.1 Å². The highest BCUT2D eigenvalue weighted by Gasteiger charge is 2.33. The number of halogens is 2. The maximum absolute atomic E-state index is 14.0. The van der Waals surface area contributed by atoms with E-state index >= 15 is 0 Å². The van der Waals surface area contributed by atoms with E-state index in [9.17, 15) is 18.0 Å². The number of sulfonamides is 1. The Morgan fingerprint density at radius 2 is 1.66 bits per heavy atom. The number of nitrogens with zero attached hydrogens (tertiary/aromatic N) is 2. The Bertz CT molecular complexity index is 1510. The normalized spacial score (nSPS) is 12.4. The molecule has 2 amide bonds. The number of amides is 2. The molecule has 0 bridgehead atoms. The quantitative estimate of drug-likeness (QED) is 0.308. The van der Waals surface area contributed by atoms with Crippen molar-refractivity contribution in [3.63, 3.8) is 0 Å². The van der Waals surface area contributed by atoms with Gasteiger partial charge in [-0.1, -0.05) is 53.0 Å². The summed E-state index contributed by atoms with van der Waals surface area (Å²) in [5.41, 5.74) is 1.18. The van der Waals surface area contributed by atoms with E-state index in [-0.39, 0.29) is 28.1 Å². The Hall–Kier alpha value is -3.27. The molecule has 0 radical (unpaired) electrons. The molecule has 0 heterocycles. The number of carbonyl (C=O) groups excluding carboxylic acids is 2. The van der Waals surface area contributed by atoms with Gasteiger partial charge in [-0.15, -0.1) is 0 Å². The number of hydrogen-bond acceptors (Lipinski definition) is 5. The molecular formula is C30H35Cl2N3O5S. The number of benzene rings is 3. The minimum Gasteiger partial charge on any atom is -0.495 e. The lowest BCUT2D eigenvalue weighted by atomic mass is 10.1. The summed E-state index contributed by atoms with van der Waals surface area (Å²) in [6.07, 6.45) is 0. The highest BCUT2D eigenvalue weighted by atomic mass is 35.5. The van der Waals surface area contributed by atoms with E-state index in [1.165, 1.54) is 42.3 Å². The van der Waals surface area contributed by atoms with Gasteiger partial charge in [0.05, 0.1) is 22.7 Å². The van der Waals surface area contributed by atoms with Crippen LogP contribution >= 0.6 is 23.2 Å². The second-order valence-electron chi connectivity index (χ2n) is 10.7. The molecule has 3 rings (SSSR count). The number of hydrogen-bond donors (Lipinski definition) is 1. The third kappa shape index (κ3) is 8.38. The molecule has 1 atom stereocenters. The molecule has 0 aliphatic heterocycles. The molecule has 0 unspecified atom stereocenters. The maximum Gasteiger partial charge on any atom is 0.264 e. The third-order valence-electron chi connectivity index (χ3n) is 6.22. The Morgan fingerprint density at radius 3 is 2.22 bits per heavy atom. The molecule has 0 aliphatic rings. The molecule has 0 aromatic heterocycles. The smallest absolute Gasteiger partial charge is 0.264 e. The molecule has 41 heavy (non-hydrogen) atoms. The van der Waals surface area contributed by atoms with Crippen LogP contribution in [0.1, 0.15) is 38.8 Å².